The zero-order valence-corrected chi connectivity index (χ0v) is 13.7. The monoisotopic (exact) mass is 361 g/mol. The molecule has 1 aromatic carbocycles. The SMILES string of the molecule is Cc1ccc2ncc(C(=O)NCc3cccc(C(F)(F)F)c3)c(=O)n2c1. The summed E-state index contributed by atoms with van der Waals surface area (Å²) in [6.07, 6.45) is -1.73. The zero-order chi connectivity index (χ0) is 18.9. The van der Waals surface area contributed by atoms with Crippen molar-refractivity contribution in [1.29, 1.82) is 0 Å². The van der Waals surface area contributed by atoms with Crippen molar-refractivity contribution in [3.8, 4) is 0 Å². The number of amides is 1. The van der Waals surface area contributed by atoms with Gasteiger partial charge in [0.25, 0.3) is 11.5 Å². The quantitative estimate of drug-likeness (QED) is 0.780. The Kier molecular flexibility index (Phi) is 4.50. The number of halogens is 3. The minimum Gasteiger partial charge on any atom is -0.348 e. The lowest BCUT2D eigenvalue weighted by Crippen LogP contribution is -2.31. The van der Waals surface area contributed by atoms with Crippen LogP contribution in [-0.2, 0) is 12.7 Å². The number of rotatable bonds is 3. The summed E-state index contributed by atoms with van der Waals surface area (Å²) in [6.45, 7) is 1.66. The highest BCUT2D eigenvalue weighted by Gasteiger charge is 2.30. The number of benzene rings is 1. The van der Waals surface area contributed by atoms with Gasteiger partial charge < -0.3 is 5.32 Å². The number of carbonyl (C=O) groups is 1. The Bertz CT molecular complexity index is 1040. The average molecular weight is 361 g/mol. The molecule has 0 fully saturated rings. The van der Waals surface area contributed by atoms with Gasteiger partial charge in [-0.3, -0.25) is 14.0 Å². The van der Waals surface area contributed by atoms with Gasteiger partial charge in [0.1, 0.15) is 11.2 Å². The maximum atomic E-state index is 12.7. The van der Waals surface area contributed by atoms with E-state index in [1.165, 1.54) is 16.5 Å². The van der Waals surface area contributed by atoms with Gasteiger partial charge in [-0.2, -0.15) is 13.2 Å². The first-order valence-corrected chi connectivity index (χ1v) is 7.68. The van der Waals surface area contributed by atoms with Gasteiger partial charge in [-0.15, -0.1) is 0 Å². The van der Waals surface area contributed by atoms with Crippen LogP contribution in [0.15, 0.2) is 53.6 Å². The van der Waals surface area contributed by atoms with Gasteiger partial charge in [-0.05, 0) is 36.2 Å². The summed E-state index contributed by atoms with van der Waals surface area (Å²) in [5.41, 5.74) is -0.0247. The number of nitrogens with zero attached hydrogens (tertiary/aromatic N) is 2. The summed E-state index contributed by atoms with van der Waals surface area (Å²) in [6, 6.07) is 8.07. The third-order valence-corrected chi connectivity index (χ3v) is 3.80. The van der Waals surface area contributed by atoms with E-state index >= 15 is 0 Å². The number of alkyl halides is 3. The van der Waals surface area contributed by atoms with Gasteiger partial charge in [0.2, 0.25) is 0 Å². The maximum absolute atomic E-state index is 12.7. The number of pyridine rings is 1. The summed E-state index contributed by atoms with van der Waals surface area (Å²) >= 11 is 0. The van der Waals surface area contributed by atoms with E-state index in [1.807, 2.05) is 0 Å². The van der Waals surface area contributed by atoms with Crippen LogP contribution in [0.1, 0.15) is 27.0 Å². The fourth-order valence-electron chi connectivity index (χ4n) is 2.47. The molecule has 2 heterocycles. The third kappa shape index (κ3) is 3.58. The molecule has 8 heteroatoms. The van der Waals surface area contributed by atoms with Crippen molar-refractivity contribution in [2.24, 2.45) is 0 Å². The number of aromatic nitrogens is 2. The highest BCUT2D eigenvalue weighted by Crippen LogP contribution is 2.29. The highest BCUT2D eigenvalue weighted by atomic mass is 19.4. The minimum absolute atomic E-state index is 0.140. The fourth-order valence-corrected chi connectivity index (χ4v) is 2.47. The number of carbonyl (C=O) groups excluding carboxylic acids is 1. The summed E-state index contributed by atoms with van der Waals surface area (Å²) in [7, 11) is 0. The molecule has 3 aromatic rings. The van der Waals surface area contributed by atoms with Crippen LogP contribution in [-0.4, -0.2) is 15.3 Å². The van der Waals surface area contributed by atoms with Crippen molar-refractivity contribution in [2.75, 3.05) is 0 Å². The number of aryl methyl sites for hydroxylation is 1. The second-order valence-electron chi connectivity index (χ2n) is 5.79. The first-order valence-electron chi connectivity index (χ1n) is 7.68. The molecule has 0 saturated heterocycles. The maximum Gasteiger partial charge on any atom is 0.416 e. The molecule has 0 bridgehead atoms. The molecule has 5 nitrogen and oxygen atoms in total. The van der Waals surface area contributed by atoms with E-state index in [-0.39, 0.29) is 17.7 Å². The Hall–Kier alpha value is -3.16. The smallest absolute Gasteiger partial charge is 0.348 e. The lowest BCUT2D eigenvalue weighted by molar-refractivity contribution is -0.137. The Labute approximate surface area is 146 Å². The summed E-state index contributed by atoms with van der Waals surface area (Å²) in [4.78, 5) is 28.8. The van der Waals surface area contributed by atoms with Crippen LogP contribution in [0.3, 0.4) is 0 Å². The molecule has 134 valence electrons. The first-order chi connectivity index (χ1) is 12.3. The van der Waals surface area contributed by atoms with Crippen LogP contribution in [0.4, 0.5) is 13.2 Å². The van der Waals surface area contributed by atoms with Crippen molar-refractivity contribution in [2.45, 2.75) is 19.6 Å². The average Bonchev–Trinajstić information content (AvgIpc) is 2.60. The van der Waals surface area contributed by atoms with E-state index in [9.17, 15) is 22.8 Å². The van der Waals surface area contributed by atoms with E-state index in [2.05, 4.69) is 10.3 Å². The Morgan fingerprint density at radius 3 is 2.73 bits per heavy atom. The molecule has 0 aliphatic carbocycles. The molecule has 26 heavy (non-hydrogen) atoms. The van der Waals surface area contributed by atoms with Gasteiger partial charge in [0.15, 0.2) is 0 Å². The third-order valence-electron chi connectivity index (χ3n) is 3.80. The number of hydrogen-bond acceptors (Lipinski definition) is 3. The fraction of sp³-hybridized carbons (Fsp3) is 0.167. The number of hydrogen-bond donors (Lipinski definition) is 1. The van der Waals surface area contributed by atoms with E-state index < -0.39 is 23.2 Å². The largest absolute Gasteiger partial charge is 0.416 e. The second-order valence-corrected chi connectivity index (χ2v) is 5.79. The van der Waals surface area contributed by atoms with Crippen LogP contribution in [0.5, 0.6) is 0 Å². The molecule has 0 radical (unpaired) electrons. The molecule has 0 aliphatic rings. The molecule has 1 amide bonds. The molecule has 0 atom stereocenters. The standard InChI is InChI=1S/C18H14F3N3O2/c1-11-5-6-15-22-9-14(17(26)24(15)10-11)16(25)23-8-12-3-2-4-13(7-12)18(19,20)21/h2-7,9-10H,8H2,1H3,(H,23,25). The molecule has 1 N–H and O–H groups in total. The second kappa shape index (κ2) is 6.62. The van der Waals surface area contributed by atoms with E-state index in [1.54, 1.807) is 25.3 Å². The lowest BCUT2D eigenvalue weighted by atomic mass is 10.1. The highest BCUT2D eigenvalue weighted by molar-refractivity contribution is 5.93. The van der Waals surface area contributed by atoms with Crippen LogP contribution in [0, 0.1) is 6.92 Å². The molecular formula is C18H14F3N3O2. The summed E-state index contributed by atoms with van der Waals surface area (Å²) in [5, 5.41) is 2.45. The van der Waals surface area contributed by atoms with Crippen molar-refractivity contribution in [1.82, 2.24) is 14.7 Å². The van der Waals surface area contributed by atoms with E-state index in [0.717, 1.165) is 23.9 Å². The zero-order valence-electron chi connectivity index (χ0n) is 13.7. The Morgan fingerprint density at radius 1 is 1.23 bits per heavy atom. The molecule has 0 aliphatic heterocycles. The first kappa shape index (κ1) is 17.7. The molecule has 0 spiro atoms. The van der Waals surface area contributed by atoms with Crippen LogP contribution in [0.25, 0.3) is 5.65 Å². The van der Waals surface area contributed by atoms with Crippen LogP contribution >= 0.6 is 0 Å². The van der Waals surface area contributed by atoms with Crippen molar-refractivity contribution >= 4 is 11.6 Å². The Morgan fingerprint density at radius 2 is 2.00 bits per heavy atom. The van der Waals surface area contributed by atoms with Crippen molar-refractivity contribution < 1.29 is 18.0 Å². The summed E-state index contributed by atoms with van der Waals surface area (Å²) in [5.74, 6) is -0.698. The molecule has 2 aromatic heterocycles. The predicted molar refractivity (Wildman–Crippen MR) is 88.8 cm³/mol. The minimum atomic E-state index is -4.46. The lowest BCUT2D eigenvalue weighted by Gasteiger charge is -2.10. The summed E-state index contributed by atoms with van der Waals surface area (Å²) < 4.78 is 39.4. The van der Waals surface area contributed by atoms with Gasteiger partial charge in [-0.1, -0.05) is 18.2 Å². The molecular weight excluding hydrogens is 347 g/mol. The number of fused-ring (bicyclic) bond motifs is 1. The molecule has 3 rings (SSSR count). The van der Waals surface area contributed by atoms with Gasteiger partial charge in [0.05, 0.1) is 5.56 Å². The van der Waals surface area contributed by atoms with Gasteiger partial charge >= 0.3 is 6.18 Å². The van der Waals surface area contributed by atoms with E-state index in [4.69, 9.17) is 0 Å². The number of nitrogens with one attached hydrogen (secondary N) is 1. The van der Waals surface area contributed by atoms with Crippen LogP contribution < -0.4 is 10.9 Å². The predicted octanol–water partition coefficient (Wildman–Crippen LogP) is 2.95. The topological polar surface area (TPSA) is 63.5 Å². The molecule has 0 unspecified atom stereocenters. The van der Waals surface area contributed by atoms with E-state index in [0.29, 0.717) is 5.65 Å². The van der Waals surface area contributed by atoms with Crippen molar-refractivity contribution in [3.05, 3.63) is 81.4 Å². The molecule has 0 saturated carbocycles. The Balaban J connectivity index is 1.82. The van der Waals surface area contributed by atoms with Crippen LogP contribution in [0.2, 0.25) is 0 Å². The van der Waals surface area contributed by atoms with Gasteiger partial charge in [0, 0.05) is 18.9 Å². The normalized spacial score (nSPS) is 11.5. The van der Waals surface area contributed by atoms with Crippen molar-refractivity contribution in [3.63, 3.8) is 0 Å². The van der Waals surface area contributed by atoms with Gasteiger partial charge in [-0.25, -0.2) is 4.98 Å².